The molecule has 1 aliphatic heterocycles. The van der Waals surface area contributed by atoms with E-state index in [2.05, 4.69) is 15.3 Å². The van der Waals surface area contributed by atoms with Crippen molar-refractivity contribution in [1.82, 2.24) is 9.97 Å². The molecule has 0 spiro atoms. The first-order valence-electron chi connectivity index (χ1n) is 10.4. The number of nitriles is 1. The maximum Gasteiger partial charge on any atom is 0.417 e. The average molecular weight is 453 g/mol. The fourth-order valence-electron chi connectivity index (χ4n) is 3.84. The molecule has 0 radical (unpaired) electrons. The Labute approximate surface area is 189 Å². The van der Waals surface area contributed by atoms with Crippen molar-refractivity contribution in [3.8, 4) is 6.07 Å². The molecule has 0 aliphatic carbocycles. The molecule has 0 atom stereocenters. The smallest absolute Gasteiger partial charge is 0.386 e. The lowest BCUT2D eigenvalue weighted by atomic mass is 9.98. The Morgan fingerprint density at radius 1 is 1.09 bits per heavy atom. The van der Waals surface area contributed by atoms with Crippen LogP contribution in [0.4, 0.5) is 30.4 Å². The average Bonchev–Trinajstić information content (AvgIpc) is 2.77. The first-order valence-corrected chi connectivity index (χ1v) is 10.4. The van der Waals surface area contributed by atoms with E-state index < -0.39 is 22.9 Å². The number of aromatic nitrogens is 2. The molecule has 0 saturated heterocycles. The molecule has 1 aliphatic rings. The number of hydrogen-bond acceptors (Lipinski definition) is 6. The van der Waals surface area contributed by atoms with Gasteiger partial charge in [-0.3, -0.25) is 0 Å². The largest absolute Gasteiger partial charge is 0.417 e. The van der Waals surface area contributed by atoms with Crippen molar-refractivity contribution >= 4 is 17.2 Å². The summed E-state index contributed by atoms with van der Waals surface area (Å²) in [5, 5.41) is 22.4. The second-order valence-corrected chi connectivity index (χ2v) is 8.42. The summed E-state index contributed by atoms with van der Waals surface area (Å²) in [6.45, 7) is 4.24. The van der Waals surface area contributed by atoms with Gasteiger partial charge in [-0.05, 0) is 56.2 Å². The van der Waals surface area contributed by atoms with Gasteiger partial charge < -0.3 is 15.3 Å². The lowest BCUT2D eigenvalue weighted by Gasteiger charge is -2.31. The summed E-state index contributed by atoms with van der Waals surface area (Å²) in [6.07, 6.45) is -2.63. The summed E-state index contributed by atoms with van der Waals surface area (Å²) < 4.78 is 40.1. The Bertz CT molecular complexity index is 1210. The summed E-state index contributed by atoms with van der Waals surface area (Å²) in [4.78, 5) is 10.5. The standard InChI is InChI=1S/C24H22F3N5O/c1-23(2,33)16-4-6-17(7-5-16)31-22-19-9-10-32(13-21(19)29-14-30-22)18-8-3-15(12-28)20(11-18)24(25,26)27/h3-8,11,14,33H,9-10,13H2,1-2H3,(H,29,30,31). The van der Waals surface area contributed by atoms with E-state index in [9.17, 15) is 18.3 Å². The SMILES string of the molecule is CC(C)(O)c1ccc(Nc2ncnc3c2CCN(c2ccc(C#N)c(C(F)(F)F)c2)C3)cc1. The normalized spacial score (nSPS) is 13.9. The van der Waals surface area contributed by atoms with Gasteiger partial charge in [0.2, 0.25) is 0 Å². The fourth-order valence-corrected chi connectivity index (χ4v) is 3.84. The number of hydrogen-bond donors (Lipinski definition) is 2. The molecule has 1 aromatic heterocycles. The maximum absolute atomic E-state index is 13.4. The highest BCUT2D eigenvalue weighted by Gasteiger charge is 2.34. The molecule has 33 heavy (non-hydrogen) atoms. The van der Waals surface area contributed by atoms with Crippen molar-refractivity contribution in [3.63, 3.8) is 0 Å². The Balaban J connectivity index is 1.57. The van der Waals surface area contributed by atoms with E-state index in [1.165, 1.54) is 18.5 Å². The molecule has 2 aromatic carbocycles. The summed E-state index contributed by atoms with van der Waals surface area (Å²) in [6, 6.07) is 12.7. The Hall–Kier alpha value is -3.64. The third kappa shape index (κ3) is 4.76. The number of aliphatic hydroxyl groups is 1. The van der Waals surface area contributed by atoms with E-state index in [1.54, 1.807) is 19.9 Å². The van der Waals surface area contributed by atoms with Crippen LogP contribution in [0.5, 0.6) is 0 Å². The lowest BCUT2D eigenvalue weighted by Crippen LogP contribution is -2.32. The number of rotatable bonds is 4. The highest BCUT2D eigenvalue weighted by atomic mass is 19.4. The zero-order valence-electron chi connectivity index (χ0n) is 18.1. The molecule has 0 bridgehead atoms. The molecule has 170 valence electrons. The molecule has 9 heteroatoms. The predicted octanol–water partition coefficient (Wildman–Crippen LogP) is 4.90. The number of nitrogens with zero attached hydrogens (tertiary/aromatic N) is 4. The van der Waals surface area contributed by atoms with Crippen molar-refractivity contribution in [1.29, 1.82) is 5.26 Å². The number of benzene rings is 2. The monoisotopic (exact) mass is 453 g/mol. The number of halogens is 3. The van der Waals surface area contributed by atoms with Crippen LogP contribution in [0.15, 0.2) is 48.8 Å². The minimum Gasteiger partial charge on any atom is -0.386 e. The van der Waals surface area contributed by atoms with Crippen LogP contribution >= 0.6 is 0 Å². The van der Waals surface area contributed by atoms with Crippen molar-refractivity contribution in [2.24, 2.45) is 0 Å². The van der Waals surface area contributed by atoms with Gasteiger partial charge in [-0.1, -0.05) is 12.1 Å². The first-order chi connectivity index (χ1) is 15.6. The summed E-state index contributed by atoms with van der Waals surface area (Å²) >= 11 is 0. The Kier molecular flexibility index (Phi) is 5.72. The Morgan fingerprint density at radius 3 is 2.45 bits per heavy atom. The minimum atomic E-state index is -4.60. The van der Waals surface area contributed by atoms with Crippen LogP contribution < -0.4 is 10.2 Å². The van der Waals surface area contributed by atoms with Crippen LogP contribution in [-0.2, 0) is 24.7 Å². The van der Waals surface area contributed by atoms with Gasteiger partial charge in [0, 0.05) is 23.5 Å². The third-order valence-electron chi connectivity index (χ3n) is 5.66. The van der Waals surface area contributed by atoms with Crippen molar-refractivity contribution in [3.05, 3.63) is 76.7 Å². The molecule has 0 saturated carbocycles. The van der Waals surface area contributed by atoms with Gasteiger partial charge in [0.25, 0.3) is 0 Å². The van der Waals surface area contributed by atoms with Crippen LogP contribution in [0.3, 0.4) is 0 Å². The topological polar surface area (TPSA) is 85.1 Å². The van der Waals surface area contributed by atoms with E-state index >= 15 is 0 Å². The van der Waals surface area contributed by atoms with Crippen molar-refractivity contribution in [2.75, 3.05) is 16.8 Å². The Morgan fingerprint density at radius 2 is 1.82 bits per heavy atom. The number of anilines is 3. The van der Waals surface area contributed by atoms with Gasteiger partial charge >= 0.3 is 6.18 Å². The van der Waals surface area contributed by atoms with E-state index in [0.717, 1.165) is 28.6 Å². The minimum absolute atomic E-state index is 0.327. The molecule has 2 N–H and O–H groups in total. The molecular formula is C24H22F3N5O. The quantitative estimate of drug-likeness (QED) is 0.585. The zero-order valence-corrected chi connectivity index (χ0v) is 18.1. The van der Waals surface area contributed by atoms with Gasteiger partial charge in [0.15, 0.2) is 0 Å². The molecule has 2 heterocycles. The number of nitrogens with one attached hydrogen (secondary N) is 1. The van der Waals surface area contributed by atoms with Gasteiger partial charge in [-0.25, -0.2) is 9.97 Å². The number of alkyl halides is 3. The summed E-state index contributed by atoms with van der Waals surface area (Å²) in [5.74, 6) is 0.645. The molecular weight excluding hydrogens is 431 g/mol. The maximum atomic E-state index is 13.4. The van der Waals surface area contributed by atoms with Gasteiger partial charge in [0.1, 0.15) is 12.1 Å². The van der Waals surface area contributed by atoms with Crippen LogP contribution in [0.1, 0.15) is 41.8 Å². The second kappa shape index (κ2) is 8.37. The van der Waals surface area contributed by atoms with Gasteiger partial charge in [-0.15, -0.1) is 0 Å². The predicted molar refractivity (Wildman–Crippen MR) is 118 cm³/mol. The van der Waals surface area contributed by atoms with Crippen LogP contribution in [0.25, 0.3) is 0 Å². The van der Waals surface area contributed by atoms with E-state index in [0.29, 0.717) is 31.0 Å². The summed E-state index contributed by atoms with van der Waals surface area (Å²) in [5.41, 5.74) is 1.34. The number of fused-ring (bicyclic) bond motifs is 1. The summed E-state index contributed by atoms with van der Waals surface area (Å²) in [7, 11) is 0. The van der Waals surface area contributed by atoms with Gasteiger partial charge in [-0.2, -0.15) is 18.4 Å². The first kappa shape index (κ1) is 22.6. The van der Waals surface area contributed by atoms with Crippen molar-refractivity contribution < 1.29 is 18.3 Å². The molecule has 3 aromatic rings. The third-order valence-corrected chi connectivity index (χ3v) is 5.66. The zero-order chi connectivity index (χ0) is 23.8. The van der Waals surface area contributed by atoms with Crippen LogP contribution in [0.2, 0.25) is 0 Å². The fraction of sp³-hybridized carbons (Fsp3) is 0.292. The molecule has 0 amide bonds. The molecule has 0 fully saturated rings. The molecule has 0 unspecified atom stereocenters. The van der Waals surface area contributed by atoms with E-state index in [4.69, 9.17) is 5.26 Å². The van der Waals surface area contributed by atoms with Gasteiger partial charge in [0.05, 0.1) is 35.0 Å². The highest BCUT2D eigenvalue weighted by Crippen LogP contribution is 2.36. The van der Waals surface area contributed by atoms with E-state index in [1.807, 2.05) is 29.2 Å². The van der Waals surface area contributed by atoms with E-state index in [-0.39, 0.29) is 0 Å². The molecule has 4 rings (SSSR count). The highest BCUT2D eigenvalue weighted by molar-refractivity contribution is 5.62. The second-order valence-electron chi connectivity index (χ2n) is 8.42. The lowest BCUT2D eigenvalue weighted by molar-refractivity contribution is -0.137. The van der Waals surface area contributed by atoms with Crippen LogP contribution in [0, 0.1) is 11.3 Å². The molecule has 6 nitrogen and oxygen atoms in total. The van der Waals surface area contributed by atoms with Crippen LogP contribution in [-0.4, -0.2) is 21.6 Å². The van der Waals surface area contributed by atoms with Crippen molar-refractivity contribution in [2.45, 2.75) is 38.6 Å².